The van der Waals surface area contributed by atoms with Crippen LogP contribution in [-0.2, 0) is 0 Å². The van der Waals surface area contributed by atoms with Gasteiger partial charge in [0.1, 0.15) is 5.75 Å². The normalized spacial score (nSPS) is 12.2. The van der Waals surface area contributed by atoms with Crippen molar-refractivity contribution in [3.8, 4) is 5.75 Å². The fourth-order valence-electron chi connectivity index (χ4n) is 2.17. The van der Waals surface area contributed by atoms with Crippen molar-refractivity contribution in [2.75, 3.05) is 7.11 Å². The fourth-order valence-corrected chi connectivity index (χ4v) is 2.59. The summed E-state index contributed by atoms with van der Waals surface area (Å²) in [4.78, 5) is 0. The minimum Gasteiger partial charge on any atom is -0.496 e. The summed E-state index contributed by atoms with van der Waals surface area (Å²) in [6, 6.07) is 10.9. The van der Waals surface area contributed by atoms with Crippen LogP contribution < -0.4 is 16.0 Å². The molecule has 0 heterocycles. The molecule has 0 saturated heterocycles. The van der Waals surface area contributed by atoms with Crippen molar-refractivity contribution in [1.29, 1.82) is 0 Å². The van der Waals surface area contributed by atoms with E-state index in [2.05, 4.69) is 5.43 Å². The molecule has 0 amide bonds. The molecule has 0 radical (unpaired) electrons. The number of methoxy groups -OCH3 is 1. The summed E-state index contributed by atoms with van der Waals surface area (Å²) in [6.07, 6.45) is 0. The second-order valence-corrected chi connectivity index (χ2v) is 5.28. The number of rotatable bonds is 4. The summed E-state index contributed by atoms with van der Waals surface area (Å²) in [6.45, 7) is 1.95. The monoisotopic (exact) mass is 310 g/mol. The number of hydrazine groups is 1. The zero-order valence-corrected chi connectivity index (χ0v) is 12.8. The van der Waals surface area contributed by atoms with Gasteiger partial charge in [0.25, 0.3) is 0 Å². The molecule has 0 spiro atoms. The molecule has 106 valence electrons. The van der Waals surface area contributed by atoms with Crippen LogP contribution >= 0.6 is 23.2 Å². The summed E-state index contributed by atoms with van der Waals surface area (Å²) < 4.78 is 5.38. The van der Waals surface area contributed by atoms with Crippen LogP contribution in [-0.4, -0.2) is 7.11 Å². The maximum Gasteiger partial charge on any atom is 0.124 e. The maximum absolute atomic E-state index is 6.38. The number of nitrogens with two attached hydrogens (primary N) is 1. The Balaban J connectivity index is 2.58. The lowest BCUT2D eigenvalue weighted by Crippen LogP contribution is -2.29. The molecule has 0 aliphatic carbocycles. The SMILES string of the molecule is COc1ccc(Cl)cc1C(NN)c1cccc(C)c1Cl. The predicted octanol–water partition coefficient (Wildman–Crippen LogP) is 3.86. The minimum atomic E-state index is -0.295. The van der Waals surface area contributed by atoms with Crippen LogP contribution in [0.2, 0.25) is 10.0 Å². The second-order valence-electron chi connectivity index (χ2n) is 4.46. The van der Waals surface area contributed by atoms with Crippen molar-refractivity contribution < 1.29 is 4.74 Å². The molecular formula is C15H16Cl2N2O. The van der Waals surface area contributed by atoms with Gasteiger partial charge in [0, 0.05) is 15.6 Å². The molecule has 1 atom stereocenters. The number of ether oxygens (including phenoxy) is 1. The predicted molar refractivity (Wildman–Crippen MR) is 83.4 cm³/mol. The van der Waals surface area contributed by atoms with E-state index in [-0.39, 0.29) is 6.04 Å². The standard InChI is InChI=1S/C15H16Cl2N2O/c1-9-4-3-5-11(14(9)17)15(19-18)12-8-10(16)6-7-13(12)20-2/h3-8,15,19H,18H2,1-2H3. The molecule has 3 N–H and O–H groups in total. The Labute approximate surface area is 128 Å². The first kappa shape index (κ1) is 15.1. The molecule has 0 saturated carbocycles. The van der Waals surface area contributed by atoms with E-state index in [0.29, 0.717) is 15.8 Å². The number of aryl methyl sites for hydroxylation is 1. The molecule has 20 heavy (non-hydrogen) atoms. The molecule has 2 rings (SSSR count). The highest BCUT2D eigenvalue weighted by Crippen LogP contribution is 2.35. The Bertz CT molecular complexity index is 617. The second kappa shape index (κ2) is 6.46. The van der Waals surface area contributed by atoms with Gasteiger partial charge in [0.2, 0.25) is 0 Å². The molecule has 5 heteroatoms. The van der Waals surface area contributed by atoms with Crippen molar-refractivity contribution in [3.63, 3.8) is 0 Å². The van der Waals surface area contributed by atoms with Gasteiger partial charge in [-0.2, -0.15) is 0 Å². The number of nitrogens with one attached hydrogen (secondary N) is 1. The molecule has 3 nitrogen and oxygen atoms in total. The Morgan fingerprint density at radius 1 is 1.15 bits per heavy atom. The third-order valence-corrected chi connectivity index (χ3v) is 3.95. The topological polar surface area (TPSA) is 47.3 Å². The highest BCUT2D eigenvalue weighted by molar-refractivity contribution is 6.32. The maximum atomic E-state index is 6.38. The lowest BCUT2D eigenvalue weighted by molar-refractivity contribution is 0.404. The summed E-state index contributed by atoms with van der Waals surface area (Å²) in [5.74, 6) is 6.43. The van der Waals surface area contributed by atoms with Gasteiger partial charge < -0.3 is 4.74 Å². The van der Waals surface area contributed by atoms with Crippen LogP contribution in [0, 0.1) is 6.92 Å². The Kier molecular flexibility index (Phi) is 4.89. The van der Waals surface area contributed by atoms with Gasteiger partial charge in [-0.1, -0.05) is 41.4 Å². The van der Waals surface area contributed by atoms with Gasteiger partial charge in [-0.3, -0.25) is 5.84 Å². The van der Waals surface area contributed by atoms with Crippen molar-refractivity contribution in [2.45, 2.75) is 13.0 Å². The van der Waals surface area contributed by atoms with Gasteiger partial charge in [-0.25, -0.2) is 5.43 Å². The number of hydrogen-bond donors (Lipinski definition) is 2. The van der Waals surface area contributed by atoms with E-state index < -0.39 is 0 Å². The smallest absolute Gasteiger partial charge is 0.124 e. The number of hydrogen-bond acceptors (Lipinski definition) is 3. The molecule has 2 aromatic rings. The first-order chi connectivity index (χ1) is 9.58. The highest BCUT2D eigenvalue weighted by Gasteiger charge is 2.20. The summed E-state index contributed by atoms with van der Waals surface area (Å²) >= 11 is 12.5. The lowest BCUT2D eigenvalue weighted by Gasteiger charge is -2.21. The highest BCUT2D eigenvalue weighted by atomic mass is 35.5. The quantitative estimate of drug-likeness (QED) is 0.666. The Morgan fingerprint density at radius 3 is 2.55 bits per heavy atom. The Hall–Kier alpha value is -1.26. The van der Waals surface area contributed by atoms with Crippen LogP contribution in [0.4, 0.5) is 0 Å². The van der Waals surface area contributed by atoms with Gasteiger partial charge in [0.15, 0.2) is 0 Å². The van der Waals surface area contributed by atoms with Gasteiger partial charge in [-0.15, -0.1) is 0 Å². The van der Waals surface area contributed by atoms with Crippen molar-refractivity contribution in [3.05, 3.63) is 63.1 Å². The lowest BCUT2D eigenvalue weighted by atomic mass is 9.97. The van der Waals surface area contributed by atoms with E-state index in [0.717, 1.165) is 16.7 Å². The third kappa shape index (κ3) is 2.91. The van der Waals surface area contributed by atoms with E-state index in [9.17, 15) is 0 Å². The zero-order valence-electron chi connectivity index (χ0n) is 11.3. The van der Waals surface area contributed by atoms with Crippen LogP contribution in [0.15, 0.2) is 36.4 Å². The van der Waals surface area contributed by atoms with Crippen LogP contribution in [0.3, 0.4) is 0 Å². The van der Waals surface area contributed by atoms with E-state index in [1.165, 1.54) is 0 Å². The van der Waals surface area contributed by atoms with E-state index >= 15 is 0 Å². The zero-order chi connectivity index (χ0) is 14.7. The summed E-state index contributed by atoms with van der Waals surface area (Å²) in [7, 11) is 1.61. The first-order valence-corrected chi connectivity index (χ1v) is 6.88. The third-order valence-electron chi connectivity index (χ3n) is 3.20. The van der Waals surface area contributed by atoms with Crippen LogP contribution in [0.25, 0.3) is 0 Å². The molecule has 2 aromatic carbocycles. The number of halogens is 2. The number of benzene rings is 2. The average Bonchev–Trinajstić information content (AvgIpc) is 2.44. The van der Waals surface area contributed by atoms with Gasteiger partial charge in [0.05, 0.1) is 13.2 Å². The average molecular weight is 311 g/mol. The van der Waals surface area contributed by atoms with E-state index in [1.54, 1.807) is 13.2 Å². The molecule has 1 unspecified atom stereocenters. The van der Waals surface area contributed by atoms with Crippen molar-refractivity contribution in [2.24, 2.45) is 5.84 Å². The van der Waals surface area contributed by atoms with Crippen LogP contribution in [0.1, 0.15) is 22.7 Å². The summed E-state index contributed by atoms with van der Waals surface area (Å²) in [5.41, 5.74) is 5.50. The fraction of sp³-hybridized carbons (Fsp3) is 0.200. The van der Waals surface area contributed by atoms with E-state index in [4.69, 9.17) is 33.8 Å². The molecule has 0 aliphatic rings. The molecule has 0 bridgehead atoms. The largest absolute Gasteiger partial charge is 0.496 e. The van der Waals surface area contributed by atoms with Crippen molar-refractivity contribution >= 4 is 23.2 Å². The molecule has 0 fully saturated rings. The molecule has 0 aliphatic heterocycles. The molecule has 0 aromatic heterocycles. The minimum absolute atomic E-state index is 0.295. The van der Waals surface area contributed by atoms with Crippen LogP contribution in [0.5, 0.6) is 5.75 Å². The van der Waals surface area contributed by atoms with E-state index in [1.807, 2.05) is 37.3 Å². The van der Waals surface area contributed by atoms with Gasteiger partial charge in [-0.05, 0) is 36.2 Å². The van der Waals surface area contributed by atoms with Crippen molar-refractivity contribution in [1.82, 2.24) is 5.43 Å². The first-order valence-electron chi connectivity index (χ1n) is 6.13. The Morgan fingerprint density at radius 2 is 1.90 bits per heavy atom. The molecular weight excluding hydrogens is 295 g/mol. The summed E-state index contributed by atoms with van der Waals surface area (Å²) in [5, 5.41) is 1.29. The van der Waals surface area contributed by atoms with Gasteiger partial charge >= 0.3 is 0 Å².